The van der Waals surface area contributed by atoms with E-state index in [-0.39, 0.29) is 18.4 Å². The lowest BCUT2D eigenvalue weighted by Gasteiger charge is -2.37. The van der Waals surface area contributed by atoms with E-state index in [1.165, 1.54) is 0 Å². The molecule has 2 aliphatic heterocycles. The second-order valence-corrected chi connectivity index (χ2v) is 8.44. The van der Waals surface area contributed by atoms with E-state index in [0.717, 1.165) is 66.9 Å². The fourth-order valence-corrected chi connectivity index (χ4v) is 5.14. The van der Waals surface area contributed by atoms with Crippen LogP contribution in [0.3, 0.4) is 0 Å². The highest BCUT2D eigenvalue weighted by molar-refractivity contribution is 5.86. The lowest BCUT2D eigenvalue weighted by molar-refractivity contribution is -0.122. The Morgan fingerprint density at radius 1 is 1.23 bits per heavy atom. The summed E-state index contributed by atoms with van der Waals surface area (Å²) in [5.41, 5.74) is 10.9. The molecule has 1 amide bonds. The molecule has 2 aromatic heterocycles. The highest BCUT2D eigenvalue weighted by atomic mass is 16.3. The van der Waals surface area contributed by atoms with Crippen LogP contribution in [0.5, 0.6) is 0 Å². The normalized spacial score (nSPS) is 17.7. The standard InChI is InChI=1S/C23H26N6O2/c24-13-17-16-7-8-27(11-12-30)14-18(16)23(28-9-5-15(6-10-28)21(25)31)29-20-4-2-1-3-19(20)26-22(17)29/h1-4,15,30H,5-12,14H2,(H2,25,31). The van der Waals surface area contributed by atoms with Gasteiger partial charge >= 0.3 is 0 Å². The van der Waals surface area contributed by atoms with Crippen molar-refractivity contribution in [1.82, 2.24) is 14.3 Å². The Labute approximate surface area is 180 Å². The first-order valence-corrected chi connectivity index (χ1v) is 10.8. The van der Waals surface area contributed by atoms with E-state index in [0.29, 0.717) is 24.3 Å². The van der Waals surface area contributed by atoms with E-state index in [2.05, 4.69) is 20.3 Å². The summed E-state index contributed by atoms with van der Waals surface area (Å²) >= 11 is 0. The molecule has 4 heterocycles. The third-order valence-corrected chi connectivity index (χ3v) is 6.72. The maximum atomic E-state index is 11.7. The molecule has 0 atom stereocenters. The highest BCUT2D eigenvalue weighted by Crippen LogP contribution is 2.37. The molecule has 3 aromatic rings. The Bertz CT molecular complexity index is 1200. The fraction of sp³-hybridized carbons (Fsp3) is 0.435. The van der Waals surface area contributed by atoms with Crippen molar-refractivity contribution in [3.63, 3.8) is 0 Å². The number of hydrogen-bond donors (Lipinski definition) is 2. The number of aromatic nitrogens is 2. The number of anilines is 1. The molecule has 0 saturated carbocycles. The SMILES string of the molecule is N#Cc1c2c(c(N3CCC(C(N)=O)CC3)n3c1nc1ccccc13)CN(CCO)CC2. The Kier molecular flexibility index (Phi) is 5.00. The van der Waals surface area contributed by atoms with Crippen molar-refractivity contribution in [2.75, 3.05) is 37.7 Å². The average molecular weight is 419 g/mol. The zero-order valence-electron chi connectivity index (χ0n) is 17.4. The summed E-state index contributed by atoms with van der Waals surface area (Å²) in [6.07, 6.45) is 2.19. The summed E-state index contributed by atoms with van der Waals surface area (Å²) in [7, 11) is 0. The number of pyridine rings is 1. The Balaban J connectivity index is 1.74. The molecule has 3 N–H and O–H groups in total. The minimum Gasteiger partial charge on any atom is -0.395 e. The minimum absolute atomic E-state index is 0.0913. The number of hydrogen-bond acceptors (Lipinski definition) is 6. The van der Waals surface area contributed by atoms with Crippen molar-refractivity contribution >= 4 is 28.4 Å². The third kappa shape index (κ3) is 3.21. The molecule has 0 spiro atoms. The van der Waals surface area contributed by atoms with Gasteiger partial charge in [-0.15, -0.1) is 0 Å². The van der Waals surface area contributed by atoms with E-state index in [1.807, 2.05) is 24.3 Å². The van der Waals surface area contributed by atoms with E-state index in [9.17, 15) is 15.2 Å². The van der Waals surface area contributed by atoms with Crippen molar-refractivity contribution in [2.45, 2.75) is 25.8 Å². The Morgan fingerprint density at radius 3 is 2.71 bits per heavy atom. The van der Waals surface area contributed by atoms with Crippen LogP contribution in [0.2, 0.25) is 0 Å². The molecular formula is C23H26N6O2. The number of nitrogens with two attached hydrogens (primary N) is 1. The average Bonchev–Trinajstić information content (AvgIpc) is 3.17. The molecule has 5 rings (SSSR count). The number of imidazole rings is 1. The summed E-state index contributed by atoms with van der Waals surface area (Å²) in [6, 6.07) is 10.4. The number of nitrogens with zero attached hydrogens (tertiary/aromatic N) is 5. The topological polar surface area (TPSA) is 111 Å². The van der Waals surface area contributed by atoms with Crippen LogP contribution in [-0.2, 0) is 17.8 Å². The lowest BCUT2D eigenvalue weighted by atomic mass is 9.93. The molecular weight excluding hydrogens is 392 g/mol. The summed E-state index contributed by atoms with van der Waals surface area (Å²) in [4.78, 5) is 21.1. The molecule has 0 aliphatic carbocycles. The van der Waals surface area contributed by atoms with Gasteiger partial charge in [0, 0.05) is 44.2 Å². The maximum Gasteiger partial charge on any atom is 0.220 e. The van der Waals surface area contributed by atoms with Gasteiger partial charge in [0.15, 0.2) is 5.65 Å². The number of primary amides is 1. The van der Waals surface area contributed by atoms with Gasteiger partial charge in [0.05, 0.1) is 23.2 Å². The van der Waals surface area contributed by atoms with Gasteiger partial charge in [-0.05, 0) is 37.0 Å². The van der Waals surface area contributed by atoms with E-state index < -0.39 is 0 Å². The highest BCUT2D eigenvalue weighted by Gasteiger charge is 2.32. The van der Waals surface area contributed by atoms with Crippen LogP contribution < -0.4 is 10.6 Å². The molecule has 8 nitrogen and oxygen atoms in total. The van der Waals surface area contributed by atoms with Crippen molar-refractivity contribution in [1.29, 1.82) is 5.26 Å². The molecule has 0 radical (unpaired) electrons. The summed E-state index contributed by atoms with van der Waals surface area (Å²) in [5.74, 6) is 0.739. The first kappa shape index (κ1) is 19.8. The monoisotopic (exact) mass is 418 g/mol. The fourth-order valence-electron chi connectivity index (χ4n) is 5.14. The summed E-state index contributed by atoms with van der Waals surface area (Å²) < 4.78 is 2.12. The molecule has 1 saturated heterocycles. The first-order valence-electron chi connectivity index (χ1n) is 10.8. The number of benzene rings is 1. The number of piperidine rings is 1. The van der Waals surface area contributed by atoms with Gasteiger partial charge in [0.2, 0.25) is 5.91 Å². The van der Waals surface area contributed by atoms with Crippen molar-refractivity contribution in [3.05, 3.63) is 41.0 Å². The zero-order chi connectivity index (χ0) is 21.5. The zero-order valence-corrected chi connectivity index (χ0v) is 17.4. The smallest absolute Gasteiger partial charge is 0.220 e. The third-order valence-electron chi connectivity index (χ3n) is 6.72. The number of carbonyl (C=O) groups excluding carboxylic acids is 1. The predicted molar refractivity (Wildman–Crippen MR) is 118 cm³/mol. The van der Waals surface area contributed by atoms with Gasteiger partial charge in [-0.1, -0.05) is 12.1 Å². The number of amides is 1. The second kappa shape index (κ2) is 7.84. The van der Waals surface area contributed by atoms with Crippen LogP contribution in [0.1, 0.15) is 29.5 Å². The number of para-hydroxylation sites is 2. The molecule has 8 heteroatoms. The van der Waals surface area contributed by atoms with E-state index in [4.69, 9.17) is 10.7 Å². The number of carbonyl (C=O) groups is 1. The predicted octanol–water partition coefficient (Wildman–Crippen LogP) is 1.41. The number of aliphatic hydroxyl groups is 1. The first-order chi connectivity index (χ1) is 15.1. The van der Waals surface area contributed by atoms with E-state index >= 15 is 0 Å². The van der Waals surface area contributed by atoms with Crippen molar-refractivity contribution in [2.24, 2.45) is 11.7 Å². The van der Waals surface area contributed by atoms with Gasteiger partial charge in [0.25, 0.3) is 0 Å². The molecule has 0 bridgehead atoms. The number of aliphatic hydroxyl groups excluding tert-OH is 1. The van der Waals surface area contributed by atoms with Gasteiger partial charge < -0.3 is 15.7 Å². The molecule has 160 valence electrons. The van der Waals surface area contributed by atoms with Crippen LogP contribution >= 0.6 is 0 Å². The molecule has 1 aromatic carbocycles. The summed E-state index contributed by atoms with van der Waals surface area (Å²) in [6.45, 7) is 3.66. The lowest BCUT2D eigenvalue weighted by Crippen LogP contribution is -2.41. The van der Waals surface area contributed by atoms with Crippen LogP contribution in [0, 0.1) is 17.2 Å². The van der Waals surface area contributed by atoms with Crippen LogP contribution in [0.15, 0.2) is 24.3 Å². The number of nitriles is 1. The minimum atomic E-state index is -0.228. The maximum absolute atomic E-state index is 11.7. The van der Waals surface area contributed by atoms with E-state index in [1.54, 1.807) is 0 Å². The van der Waals surface area contributed by atoms with Gasteiger partial charge in [-0.2, -0.15) is 5.26 Å². The number of fused-ring (bicyclic) bond motifs is 4. The molecule has 0 unspecified atom stereocenters. The molecule has 2 aliphatic rings. The quantitative estimate of drug-likeness (QED) is 0.663. The van der Waals surface area contributed by atoms with Crippen LogP contribution in [0.25, 0.3) is 16.7 Å². The number of rotatable bonds is 4. The van der Waals surface area contributed by atoms with Crippen molar-refractivity contribution < 1.29 is 9.90 Å². The molecule has 1 fully saturated rings. The Morgan fingerprint density at radius 2 is 2.00 bits per heavy atom. The largest absolute Gasteiger partial charge is 0.395 e. The van der Waals surface area contributed by atoms with Crippen LogP contribution in [-0.4, -0.2) is 58.1 Å². The van der Waals surface area contributed by atoms with Gasteiger partial charge in [0.1, 0.15) is 11.9 Å². The van der Waals surface area contributed by atoms with Gasteiger partial charge in [-0.25, -0.2) is 4.98 Å². The number of β-amino-alcohol motifs (C(OH)–C–C–N with tert-alkyl or cyclic N) is 1. The second-order valence-electron chi connectivity index (χ2n) is 8.44. The van der Waals surface area contributed by atoms with Gasteiger partial charge in [-0.3, -0.25) is 14.1 Å². The molecule has 31 heavy (non-hydrogen) atoms. The Hall–Kier alpha value is -3.15. The van der Waals surface area contributed by atoms with Crippen LogP contribution in [0.4, 0.5) is 5.82 Å². The summed E-state index contributed by atoms with van der Waals surface area (Å²) in [5, 5.41) is 19.5. The van der Waals surface area contributed by atoms with Crippen molar-refractivity contribution in [3.8, 4) is 6.07 Å².